The first-order chi connectivity index (χ1) is 12.0. The number of carbonyl (C=O) groups is 1. The van der Waals surface area contributed by atoms with Gasteiger partial charge < -0.3 is 15.3 Å². The Bertz CT molecular complexity index is 653. The third-order valence-corrected chi connectivity index (χ3v) is 4.45. The first-order valence-electron chi connectivity index (χ1n) is 8.76. The number of aliphatic hydroxyl groups excluding tert-OH is 1. The summed E-state index contributed by atoms with van der Waals surface area (Å²) in [6.07, 6.45) is 0.308. The van der Waals surface area contributed by atoms with E-state index in [4.69, 9.17) is 0 Å². The summed E-state index contributed by atoms with van der Waals surface area (Å²) >= 11 is 0. The van der Waals surface area contributed by atoms with Crippen molar-refractivity contribution in [2.24, 2.45) is 0 Å². The van der Waals surface area contributed by atoms with E-state index in [1.165, 1.54) is 11.1 Å². The molecule has 1 amide bonds. The summed E-state index contributed by atoms with van der Waals surface area (Å²) in [5.41, 5.74) is 3.24. The lowest BCUT2D eigenvalue weighted by molar-refractivity contribution is -0.123. The van der Waals surface area contributed by atoms with Crippen LogP contribution in [-0.2, 0) is 11.2 Å². The second-order valence-corrected chi connectivity index (χ2v) is 6.51. The molecule has 2 aromatic rings. The van der Waals surface area contributed by atoms with E-state index in [0.717, 1.165) is 12.0 Å². The molecule has 0 bridgehead atoms. The van der Waals surface area contributed by atoms with Gasteiger partial charge in [0.25, 0.3) is 0 Å². The minimum absolute atomic E-state index is 0.0684. The fourth-order valence-electron chi connectivity index (χ4n) is 2.83. The number of nitrogens with one attached hydrogen (secondary N) is 1. The van der Waals surface area contributed by atoms with E-state index in [0.29, 0.717) is 6.54 Å². The SMILES string of the molecule is CCc1ccc(C(CNC(=O)CC(O)c2ccccc2)N(C)C)cc1. The number of hydrogen-bond donors (Lipinski definition) is 2. The van der Waals surface area contributed by atoms with Crippen LogP contribution in [0.15, 0.2) is 54.6 Å². The van der Waals surface area contributed by atoms with Gasteiger partial charge in [0.15, 0.2) is 0 Å². The standard InChI is InChI=1S/C21H28N2O2/c1-4-16-10-12-17(13-11-16)19(23(2)3)15-22-21(25)14-20(24)18-8-6-5-7-9-18/h5-13,19-20,24H,4,14-15H2,1-3H3,(H,22,25). The molecule has 134 valence electrons. The van der Waals surface area contributed by atoms with Crippen LogP contribution in [0.25, 0.3) is 0 Å². The van der Waals surface area contributed by atoms with Crippen molar-refractivity contribution in [3.8, 4) is 0 Å². The van der Waals surface area contributed by atoms with Crippen LogP contribution in [0.1, 0.15) is 42.2 Å². The van der Waals surface area contributed by atoms with Gasteiger partial charge in [-0.3, -0.25) is 4.79 Å². The number of rotatable bonds is 8. The maximum Gasteiger partial charge on any atom is 0.223 e. The topological polar surface area (TPSA) is 52.6 Å². The molecular weight excluding hydrogens is 312 g/mol. The summed E-state index contributed by atoms with van der Waals surface area (Å²) in [5.74, 6) is -0.145. The first-order valence-corrected chi connectivity index (χ1v) is 8.76. The van der Waals surface area contributed by atoms with Crippen molar-refractivity contribution >= 4 is 5.91 Å². The number of nitrogens with zero attached hydrogens (tertiary/aromatic N) is 1. The maximum absolute atomic E-state index is 12.2. The Morgan fingerprint density at radius 1 is 1.04 bits per heavy atom. The summed E-state index contributed by atoms with van der Waals surface area (Å²) in [6, 6.07) is 17.9. The Morgan fingerprint density at radius 3 is 2.24 bits per heavy atom. The van der Waals surface area contributed by atoms with Gasteiger partial charge in [0.2, 0.25) is 5.91 Å². The second-order valence-electron chi connectivity index (χ2n) is 6.51. The Kier molecular flexibility index (Phi) is 7.16. The highest BCUT2D eigenvalue weighted by atomic mass is 16.3. The van der Waals surface area contributed by atoms with Gasteiger partial charge in [-0.1, -0.05) is 61.5 Å². The summed E-state index contributed by atoms with van der Waals surface area (Å²) < 4.78 is 0. The summed E-state index contributed by atoms with van der Waals surface area (Å²) in [7, 11) is 4.01. The lowest BCUT2D eigenvalue weighted by Gasteiger charge is -2.25. The molecule has 0 aliphatic carbocycles. The van der Waals surface area contributed by atoms with E-state index in [1.54, 1.807) is 0 Å². The number of aryl methyl sites for hydroxylation is 1. The van der Waals surface area contributed by atoms with Crippen LogP contribution in [-0.4, -0.2) is 36.6 Å². The molecule has 0 heterocycles. The van der Waals surface area contributed by atoms with Crippen LogP contribution in [0.4, 0.5) is 0 Å². The molecule has 25 heavy (non-hydrogen) atoms. The van der Waals surface area contributed by atoms with Crippen molar-refractivity contribution in [3.05, 3.63) is 71.3 Å². The Labute approximate surface area is 150 Å². The van der Waals surface area contributed by atoms with Crippen molar-refractivity contribution in [1.82, 2.24) is 10.2 Å². The Hall–Kier alpha value is -2.17. The lowest BCUT2D eigenvalue weighted by Crippen LogP contribution is -2.35. The molecule has 0 aromatic heterocycles. The van der Waals surface area contributed by atoms with E-state index in [9.17, 15) is 9.90 Å². The number of aliphatic hydroxyl groups is 1. The molecule has 4 nitrogen and oxygen atoms in total. The summed E-state index contributed by atoms with van der Waals surface area (Å²) in [4.78, 5) is 14.3. The van der Waals surface area contributed by atoms with Crippen LogP contribution in [0.5, 0.6) is 0 Å². The van der Waals surface area contributed by atoms with Crippen LogP contribution < -0.4 is 5.32 Å². The van der Waals surface area contributed by atoms with E-state index in [2.05, 4.69) is 41.4 Å². The smallest absolute Gasteiger partial charge is 0.223 e. The molecule has 2 aromatic carbocycles. The molecule has 0 aliphatic heterocycles. The van der Waals surface area contributed by atoms with Gasteiger partial charge in [-0.25, -0.2) is 0 Å². The number of likely N-dealkylation sites (N-methyl/N-ethyl adjacent to an activating group) is 1. The van der Waals surface area contributed by atoms with Gasteiger partial charge >= 0.3 is 0 Å². The van der Waals surface area contributed by atoms with E-state index >= 15 is 0 Å². The monoisotopic (exact) mass is 340 g/mol. The van der Waals surface area contributed by atoms with E-state index in [1.807, 2.05) is 44.4 Å². The largest absolute Gasteiger partial charge is 0.388 e. The fourth-order valence-corrected chi connectivity index (χ4v) is 2.83. The molecule has 2 unspecified atom stereocenters. The molecule has 0 spiro atoms. The fraction of sp³-hybridized carbons (Fsp3) is 0.381. The third-order valence-electron chi connectivity index (χ3n) is 4.45. The normalized spacial score (nSPS) is 13.5. The maximum atomic E-state index is 12.2. The molecule has 2 rings (SSSR count). The average molecular weight is 340 g/mol. The number of carbonyl (C=O) groups excluding carboxylic acids is 1. The van der Waals surface area contributed by atoms with Crippen LogP contribution in [0, 0.1) is 0 Å². The van der Waals surface area contributed by atoms with Crippen LogP contribution >= 0.6 is 0 Å². The van der Waals surface area contributed by atoms with Crippen molar-refractivity contribution < 1.29 is 9.90 Å². The molecule has 0 radical (unpaired) electrons. The minimum atomic E-state index is -0.775. The van der Waals surface area contributed by atoms with Gasteiger partial charge in [-0.05, 0) is 37.2 Å². The highest BCUT2D eigenvalue weighted by Gasteiger charge is 2.17. The van der Waals surface area contributed by atoms with E-state index < -0.39 is 6.10 Å². The molecule has 2 atom stereocenters. The predicted octanol–water partition coefficient (Wildman–Crippen LogP) is 3.09. The minimum Gasteiger partial charge on any atom is -0.388 e. The molecule has 2 N–H and O–H groups in total. The molecule has 0 aliphatic rings. The summed E-state index contributed by atoms with van der Waals surface area (Å²) in [6.45, 7) is 2.65. The van der Waals surface area contributed by atoms with E-state index in [-0.39, 0.29) is 18.4 Å². The highest BCUT2D eigenvalue weighted by molar-refractivity contribution is 5.76. The molecule has 4 heteroatoms. The number of hydrogen-bond acceptors (Lipinski definition) is 3. The molecular formula is C21H28N2O2. The lowest BCUT2D eigenvalue weighted by atomic mass is 10.0. The van der Waals surface area contributed by atoms with Gasteiger partial charge in [0.05, 0.1) is 18.6 Å². The summed E-state index contributed by atoms with van der Waals surface area (Å²) in [5, 5.41) is 13.1. The quantitative estimate of drug-likeness (QED) is 0.776. The predicted molar refractivity (Wildman–Crippen MR) is 101 cm³/mol. The van der Waals surface area contributed by atoms with Crippen molar-refractivity contribution in [2.75, 3.05) is 20.6 Å². The van der Waals surface area contributed by atoms with Crippen molar-refractivity contribution in [3.63, 3.8) is 0 Å². The van der Waals surface area contributed by atoms with Crippen molar-refractivity contribution in [2.45, 2.75) is 31.9 Å². The van der Waals surface area contributed by atoms with Gasteiger partial charge in [0, 0.05) is 6.54 Å². The molecule has 0 saturated carbocycles. The first kappa shape index (κ1) is 19.2. The van der Waals surface area contributed by atoms with Gasteiger partial charge in [0.1, 0.15) is 0 Å². The molecule has 0 fully saturated rings. The van der Waals surface area contributed by atoms with Crippen molar-refractivity contribution in [1.29, 1.82) is 0 Å². The Balaban J connectivity index is 1.92. The van der Waals surface area contributed by atoms with Gasteiger partial charge in [-0.15, -0.1) is 0 Å². The number of amides is 1. The molecule has 0 saturated heterocycles. The zero-order chi connectivity index (χ0) is 18.2. The average Bonchev–Trinajstić information content (AvgIpc) is 2.62. The van der Waals surface area contributed by atoms with Crippen LogP contribution in [0.2, 0.25) is 0 Å². The number of benzene rings is 2. The second kappa shape index (κ2) is 9.35. The van der Waals surface area contributed by atoms with Crippen LogP contribution in [0.3, 0.4) is 0 Å². The third kappa shape index (κ3) is 5.69. The zero-order valence-electron chi connectivity index (χ0n) is 15.3. The zero-order valence-corrected chi connectivity index (χ0v) is 15.3. The Morgan fingerprint density at radius 2 is 1.68 bits per heavy atom. The highest BCUT2D eigenvalue weighted by Crippen LogP contribution is 2.19. The van der Waals surface area contributed by atoms with Gasteiger partial charge in [-0.2, -0.15) is 0 Å².